The van der Waals surface area contributed by atoms with E-state index in [0.717, 1.165) is 63.7 Å². The molecule has 16 heteroatoms. The molecule has 76 heavy (non-hydrogen) atoms. The Kier molecular flexibility index (Phi) is 18.1. The van der Waals surface area contributed by atoms with Gasteiger partial charge in [-0.05, 0) is 175 Å². The lowest BCUT2D eigenvalue weighted by atomic mass is 9.95. The van der Waals surface area contributed by atoms with Crippen LogP contribution in [0.2, 0.25) is 0 Å². The van der Waals surface area contributed by atoms with E-state index in [1.54, 1.807) is 72.1 Å². The van der Waals surface area contributed by atoms with E-state index in [1.807, 2.05) is 44.2 Å². The lowest BCUT2D eigenvalue weighted by molar-refractivity contribution is 0.0723. The van der Waals surface area contributed by atoms with Crippen LogP contribution < -0.4 is 0 Å². The number of ether oxygens (including phenoxy) is 2. The van der Waals surface area contributed by atoms with Crippen molar-refractivity contribution in [2.45, 2.75) is 73.8 Å². The number of rotatable bonds is 11. The monoisotopic (exact) mass is 1170 g/mol. The van der Waals surface area contributed by atoms with E-state index in [-0.39, 0.29) is 17.5 Å². The first kappa shape index (κ1) is 55.6. The molecule has 4 heterocycles. The van der Waals surface area contributed by atoms with Gasteiger partial charge in [-0.1, -0.05) is 124 Å². The van der Waals surface area contributed by atoms with Crippen LogP contribution in [0.5, 0.6) is 0 Å². The number of hydrogen-bond acceptors (Lipinski definition) is 11. The van der Waals surface area contributed by atoms with E-state index in [4.69, 9.17) is 9.47 Å². The summed E-state index contributed by atoms with van der Waals surface area (Å²) in [4.78, 5) is 10.6. The van der Waals surface area contributed by atoms with Crippen molar-refractivity contribution >= 4 is 80.4 Å². The van der Waals surface area contributed by atoms with Crippen molar-refractivity contribution in [3.05, 3.63) is 213 Å². The van der Waals surface area contributed by atoms with Crippen LogP contribution in [0.1, 0.15) is 64.3 Å². The number of sulfone groups is 2. The highest BCUT2D eigenvalue weighted by Crippen LogP contribution is 2.42. The smallest absolute Gasteiger partial charge is 0.243 e. The predicted octanol–water partition coefficient (Wildman–Crippen LogP) is 12.8. The fraction of sp³-hybridized carbons (Fsp3) is 0.250. The summed E-state index contributed by atoms with van der Waals surface area (Å²) in [7, 11) is -10.1. The molecule has 0 spiro atoms. The van der Waals surface area contributed by atoms with Gasteiger partial charge in [0.1, 0.15) is 5.88 Å². The molecule has 7 aromatic carbocycles. The van der Waals surface area contributed by atoms with Crippen LogP contribution in [0.3, 0.4) is 0 Å². The quantitative estimate of drug-likeness (QED) is 0.115. The molecule has 2 fully saturated rings. The number of hydrogen-bond donors (Lipinski definition) is 0. The van der Waals surface area contributed by atoms with Gasteiger partial charge < -0.3 is 9.47 Å². The summed E-state index contributed by atoms with van der Waals surface area (Å²) < 4.78 is 88.0. The van der Waals surface area contributed by atoms with Crippen molar-refractivity contribution < 1.29 is 34.7 Å². The van der Waals surface area contributed by atoms with Crippen LogP contribution in [0.25, 0.3) is 5.57 Å². The highest BCUT2D eigenvalue weighted by atomic mass is 79.9. The first-order valence-corrected chi connectivity index (χ1v) is 32.2. The van der Waals surface area contributed by atoms with Crippen LogP contribution in [0.15, 0.2) is 208 Å². The van der Waals surface area contributed by atoms with Gasteiger partial charge in [0.15, 0.2) is 19.7 Å². The standard InChI is InChI=1S/C25H23NO3S2.C23H21NO2S2.C12H15BrO3S/c1-18(19-6-9-23(10-7-19)31(27,28)26-12-14-29-15-13-26)20-8-11-25-22(16-20)17-21-4-2-3-5-24(21)30-25;1-16-7-10-21(11-8-16)28(25,26)15-24-17(2)18-9-12-23-20(13-18)14-19-5-3-4-6-22(19)27-23;13-11-1-3-12(4-2-11)17(14,15)9-10-5-7-16-8-6-10/h2-11,16H,1,12-15,17H2;3-13H,14-15H2,1-2H3;1-4,10H,5-9H2. The van der Waals surface area contributed by atoms with Gasteiger partial charge in [0.25, 0.3) is 0 Å². The van der Waals surface area contributed by atoms with Crippen molar-refractivity contribution in [1.82, 2.24) is 4.31 Å². The van der Waals surface area contributed by atoms with Gasteiger partial charge in [0.05, 0.1) is 33.7 Å². The van der Waals surface area contributed by atoms with Crippen LogP contribution in [-0.2, 0) is 52.0 Å². The minimum atomic E-state index is -3.49. The van der Waals surface area contributed by atoms with Crippen LogP contribution in [0.4, 0.5) is 0 Å². The van der Waals surface area contributed by atoms with Gasteiger partial charge in [-0.2, -0.15) is 4.31 Å². The average Bonchev–Trinajstić information content (AvgIpc) is 3.44. The van der Waals surface area contributed by atoms with E-state index in [9.17, 15) is 25.3 Å². The largest absolute Gasteiger partial charge is 0.381 e. The Morgan fingerprint density at radius 1 is 0.579 bits per heavy atom. The molecule has 0 saturated carbocycles. The second-order valence-electron chi connectivity index (χ2n) is 19.0. The maximum Gasteiger partial charge on any atom is 0.243 e. The Morgan fingerprint density at radius 3 is 1.64 bits per heavy atom. The van der Waals surface area contributed by atoms with Gasteiger partial charge >= 0.3 is 0 Å². The molecular weight excluding hydrogens is 1120 g/mol. The van der Waals surface area contributed by atoms with Crippen molar-refractivity contribution in [2.24, 2.45) is 10.9 Å². The summed E-state index contributed by atoms with van der Waals surface area (Å²) in [5, 5.41) is 0. The fourth-order valence-corrected chi connectivity index (χ4v) is 15.7. The summed E-state index contributed by atoms with van der Waals surface area (Å²) in [6, 6.07) is 50.5. The van der Waals surface area contributed by atoms with Crippen molar-refractivity contribution in [3.8, 4) is 0 Å². The van der Waals surface area contributed by atoms with E-state index in [2.05, 4.69) is 106 Å². The molecule has 4 aliphatic heterocycles. The molecule has 0 atom stereocenters. The molecule has 2 saturated heterocycles. The summed E-state index contributed by atoms with van der Waals surface area (Å²) in [6.07, 6.45) is 3.49. The zero-order valence-electron chi connectivity index (χ0n) is 42.4. The highest BCUT2D eigenvalue weighted by molar-refractivity contribution is 9.10. The lowest BCUT2D eigenvalue weighted by Crippen LogP contribution is -2.40. The van der Waals surface area contributed by atoms with Crippen molar-refractivity contribution in [2.75, 3.05) is 51.1 Å². The van der Waals surface area contributed by atoms with Gasteiger partial charge in [0, 0.05) is 56.1 Å². The zero-order chi connectivity index (χ0) is 53.5. The SMILES string of the molecule is C=C(c1ccc(S(=O)(=O)N2CCOCC2)cc1)c1ccc2c(c1)Cc1ccccc1S2.CC(=NCS(=O)(=O)c1ccc(C)cc1)c1ccc2c(c1)Cc1ccccc1S2.O=S(=O)(CC1CCOCC1)c1ccc(Br)cc1. The lowest BCUT2D eigenvalue weighted by Gasteiger charge is -2.26. The molecule has 0 aromatic heterocycles. The summed E-state index contributed by atoms with van der Waals surface area (Å²) in [6.45, 7) is 11.1. The van der Waals surface area contributed by atoms with Gasteiger partial charge in [-0.3, -0.25) is 4.99 Å². The summed E-state index contributed by atoms with van der Waals surface area (Å²) in [5.41, 5.74) is 10.8. The molecule has 0 unspecified atom stereocenters. The molecule has 10 nitrogen and oxygen atoms in total. The number of halogens is 1. The number of nitrogens with zero attached hydrogens (tertiary/aromatic N) is 2. The molecule has 0 bridgehead atoms. The minimum Gasteiger partial charge on any atom is -0.381 e. The number of aliphatic imine (C=N–C) groups is 1. The average molecular weight is 1180 g/mol. The molecule has 0 N–H and O–H groups in total. The maximum atomic E-state index is 12.8. The second-order valence-corrected chi connectivity index (χ2v) is 28.0. The predicted molar refractivity (Wildman–Crippen MR) is 309 cm³/mol. The molecule has 11 rings (SSSR count). The van der Waals surface area contributed by atoms with Crippen molar-refractivity contribution in [3.63, 3.8) is 0 Å². The Hall–Kier alpha value is -5.14. The van der Waals surface area contributed by atoms with E-state index in [0.29, 0.717) is 54.2 Å². The third-order valence-corrected chi connectivity index (χ3v) is 21.9. The number of sulfonamides is 1. The minimum absolute atomic E-state index is 0.234. The molecule has 4 aliphatic rings. The van der Waals surface area contributed by atoms with E-state index in [1.165, 1.54) is 46.1 Å². The first-order chi connectivity index (χ1) is 36.5. The number of morpholine rings is 1. The number of aryl methyl sites for hydroxylation is 1. The molecule has 0 aliphatic carbocycles. The van der Waals surface area contributed by atoms with Gasteiger partial charge in [-0.25, -0.2) is 25.3 Å². The molecule has 394 valence electrons. The van der Waals surface area contributed by atoms with Crippen molar-refractivity contribution in [1.29, 1.82) is 0 Å². The Bertz CT molecular complexity index is 3600. The summed E-state index contributed by atoms with van der Waals surface area (Å²) >= 11 is 6.89. The van der Waals surface area contributed by atoms with Gasteiger partial charge in [0.2, 0.25) is 10.0 Å². The topological polar surface area (TPSA) is 136 Å². The second kappa shape index (κ2) is 24.7. The molecule has 0 radical (unpaired) electrons. The third-order valence-electron chi connectivity index (χ3n) is 13.7. The number of fused-ring (bicyclic) bond motifs is 4. The fourth-order valence-electron chi connectivity index (χ4n) is 9.18. The summed E-state index contributed by atoms with van der Waals surface area (Å²) in [5.74, 6) is 0.228. The third kappa shape index (κ3) is 13.8. The van der Waals surface area contributed by atoms with Gasteiger partial charge in [-0.15, -0.1) is 0 Å². The normalized spacial score (nSPS) is 15.8. The molecule has 0 amide bonds. The number of benzene rings is 7. The van der Waals surface area contributed by atoms with Crippen LogP contribution in [0, 0.1) is 12.8 Å². The maximum absolute atomic E-state index is 12.8. The Morgan fingerprint density at radius 2 is 1.05 bits per heavy atom. The van der Waals surface area contributed by atoms with E-state index >= 15 is 0 Å². The Labute approximate surface area is 465 Å². The molecule has 7 aromatic rings. The van der Waals surface area contributed by atoms with Crippen LogP contribution >= 0.6 is 39.5 Å². The van der Waals surface area contributed by atoms with E-state index < -0.39 is 29.7 Å². The zero-order valence-corrected chi connectivity index (χ0v) is 48.0. The highest BCUT2D eigenvalue weighted by Gasteiger charge is 2.27. The first-order valence-electron chi connectivity index (χ1n) is 25.0. The Balaban J connectivity index is 0.000000145. The molecular formula is C60H59BrN2O8S5. The van der Waals surface area contributed by atoms with Crippen LogP contribution in [-0.4, -0.2) is 86.4 Å².